The van der Waals surface area contributed by atoms with Gasteiger partial charge < -0.3 is 14.5 Å². The van der Waals surface area contributed by atoms with Crippen molar-refractivity contribution in [1.82, 2.24) is 4.90 Å². The standard InChI is InChI=1S/C33H46N2OS.C7H8.C7H16.C4H8O.C2H4O/c1-10-13-17-26(11-2)22-35(12-3)25(6)37-30(24(5)33(7,8)9)20-28-23(4)29(21-34)31(28)32(36)27-18-15-14-16-19-27;1-7-5-3-2-4-6-7;1-3-5-7-6-4-2;1-2-3-4-5;1-2-3/h14-16,18-20,26,31H,6,10-13,17,22H2,1-5,7-9H3;2-6H,1H3;3-7H2,1-2H3;4H,2-3H2,1H3;2H,1H3/b28-20-,30-24+;;;;. The van der Waals surface area contributed by atoms with Crippen LogP contribution in [0, 0.1) is 35.5 Å². The van der Waals surface area contributed by atoms with Crippen LogP contribution in [0.5, 0.6) is 0 Å². The lowest BCUT2D eigenvalue weighted by atomic mass is 9.70. The second-order valence-electron chi connectivity index (χ2n) is 16.0. The molecule has 2 aromatic rings. The lowest BCUT2D eigenvalue weighted by molar-refractivity contribution is -0.108. The molecule has 0 amide bonds. The van der Waals surface area contributed by atoms with Crippen LogP contribution in [0.1, 0.15) is 170 Å². The number of carbonyl (C=O) groups is 3. The van der Waals surface area contributed by atoms with Gasteiger partial charge in [-0.15, -0.1) is 0 Å². The van der Waals surface area contributed by atoms with E-state index < -0.39 is 5.92 Å². The number of ketones is 1. The average molecular weight is 827 g/mol. The zero-order valence-electron chi connectivity index (χ0n) is 39.6. The van der Waals surface area contributed by atoms with Crippen molar-refractivity contribution in [3.63, 3.8) is 0 Å². The number of benzene rings is 2. The molecule has 3 rings (SSSR count). The molecular weight excluding hydrogens is 745 g/mol. The molecule has 5 nitrogen and oxygen atoms in total. The Labute approximate surface area is 366 Å². The Balaban J connectivity index is 0. The van der Waals surface area contributed by atoms with Crippen molar-refractivity contribution < 1.29 is 14.4 Å². The van der Waals surface area contributed by atoms with Crippen LogP contribution in [-0.4, -0.2) is 36.3 Å². The third-order valence-electron chi connectivity index (χ3n) is 10.2. The molecule has 0 N–H and O–H groups in total. The van der Waals surface area contributed by atoms with Crippen LogP contribution in [0.2, 0.25) is 0 Å². The lowest BCUT2D eigenvalue weighted by Gasteiger charge is -2.33. The van der Waals surface area contributed by atoms with E-state index in [9.17, 15) is 14.9 Å². The van der Waals surface area contributed by atoms with Crippen molar-refractivity contribution in [1.29, 1.82) is 5.26 Å². The molecule has 0 aromatic heterocycles. The van der Waals surface area contributed by atoms with Gasteiger partial charge in [0.1, 0.15) is 12.6 Å². The summed E-state index contributed by atoms with van der Waals surface area (Å²) in [4.78, 5) is 35.2. The third kappa shape index (κ3) is 24.0. The van der Waals surface area contributed by atoms with Gasteiger partial charge in [-0.2, -0.15) is 5.26 Å². The molecule has 2 unspecified atom stereocenters. The Bertz CT molecular complexity index is 1590. The van der Waals surface area contributed by atoms with E-state index in [4.69, 9.17) is 4.79 Å². The van der Waals surface area contributed by atoms with Crippen LogP contribution in [0.25, 0.3) is 0 Å². The van der Waals surface area contributed by atoms with Crippen molar-refractivity contribution in [2.24, 2.45) is 17.3 Å². The topological polar surface area (TPSA) is 78.2 Å². The summed E-state index contributed by atoms with van der Waals surface area (Å²) >= 11 is 1.70. The molecule has 0 heterocycles. The van der Waals surface area contributed by atoms with Crippen LogP contribution < -0.4 is 0 Å². The number of allylic oxidation sites excluding steroid dienone is 5. The van der Waals surface area contributed by atoms with Crippen molar-refractivity contribution >= 4 is 30.1 Å². The quantitative estimate of drug-likeness (QED) is 0.0797. The Morgan fingerprint density at radius 2 is 1.39 bits per heavy atom. The monoisotopic (exact) mass is 827 g/mol. The second-order valence-corrected chi connectivity index (χ2v) is 17.1. The van der Waals surface area contributed by atoms with Gasteiger partial charge in [0.2, 0.25) is 0 Å². The number of carbonyl (C=O) groups excluding carboxylic acids is 3. The van der Waals surface area contributed by atoms with E-state index in [-0.39, 0.29) is 11.2 Å². The average Bonchev–Trinajstić information content (AvgIpc) is 3.22. The van der Waals surface area contributed by atoms with Gasteiger partial charge in [0, 0.05) is 35.6 Å². The van der Waals surface area contributed by atoms with Crippen LogP contribution in [0.4, 0.5) is 0 Å². The number of nitrogens with zero attached hydrogens (tertiary/aromatic N) is 2. The minimum atomic E-state index is -0.509. The largest absolute Gasteiger partial charge is 0.367 e. The second kappa shape index (κ2) is 34.9. The van der Waals surface area contributed by atoms with Gasteiger partial charge in [-0.1, -0.05) is 197 Å². The number of aldehydes is 2. The molecule has 0 aliphatic heterocycles. The summed E-state index contributed by atoms with van der Waals surface area (Å²) in [5.74, 6) is 0.141. The van der Waals surface area contributed by atoms with Crippen LogP contribution in [0.3, 0.4) is 0 Å². The molecule has 2 aromatic carbocycles. The number of rotatable bonds is 19. The maximum Gasteiger partial charge on any atom is 0.175 e. The van der Waals surface area contributed by atoms with Crippen LogP contribution in [0.15, 0.2) is 106 Å². The molecule has 2 atom stereocenters. The van der Waals surface area contributed by atoms with E-state index in [2.05, 4.69) is 105 Å². The first-order valence-corrected chi connectivity index (χ1v) is 23.1. The third-order valence-corrected chi connectivity index (χ3v) is 11.3. The minimum absolute atomic E-state index is 0.0116. The smallest absolute Gasteiger partial charge is 0.175 e. The first kappa shape index (κ1) is 57.1. The molecule has 6 heteroatoms. The predicted octanol–water partition coefficient (Wildman–Crippen LogP) is 15.5. The minimum Gasteiger partial charge on any atom is -0.367 e. The molecule has 0 fully saturated rings. The van der Waals surface area contributed by atoms with E-state index >= 15 is 0 Å². The van der Waals surface area contributed by atoms with Gasteiger partial charge >= 0.3 is 0 Å². The SMILES string of the molecule is C=C(SC(/C=C1/C(C)=C(C#N)C1C(=O)c1ccccc1)=C(\C)C(C)(C)C)N(CC)CC(CC)CCCC.CC=O.CCCC=O.CCCCCCC.Cc1ccccc1. The first-order chi connectivity index (χ1) is 28.1. The van der Waals surface area contributed by atoms with E-state index in [0.717, 1.165) is 53.2 Å². The summed E-state index contributed by atoms with van der Waals surface area (Å²) in [7, 11) is 0. The van der Waals surface area contributed by atoms with Crippen LogP contribution in [-0.2, 0) is 9.59 Å². The van der Waals surface area contributed by atoms with Gasteiger partial charge in [0.05, 0.1) is 17.0 Å². The number of nitriles is 1. The summed E-state index contributed by atoms with van der Waals surface area (Å²) in [5, 5.41) is 10.8. The van der Waals surface area contributed by atoms with Crippen LogP contribution >= 0.6 is 11.8 Å². The lowest BCUT2D eigenvalue weighted by Crippen LogP contribution is -2.29. The van der Waals surface area contributed by atoms with Crippen molar-refractivity contribution in [3.05, 3.63) is 117 Å². The van der Waals surface area contributed by atoms with Gasteiger partial charge in [0.25, 0.3) is 0 Å². The molecule has 59 heavy (non-hydrogen) atoms. The summed E-state index contributed by atoms with van der Waals surface area (Å²) in [5.41, 5.74) is 5.62. The maximum atomic E-state index is 13.4. The van der Waals surface area contributed by atoms with E-state index in [1.807, 2.05) is 62.4 Å². The number of thioether (sulfide) groups is 1. The van der Waals surface area contributed by atoms with Gasteiger partial charge in [-0.05, 0) is 76.0 Å². The van der Waals surface area contributed by atoms with Crippen molar-refractivity contribution in [2.45, 2.75) is 161 Å². The van der Waals surface area contributed by atoms with E-state index in [1.165, 1.54) is 75.8 Å². The Kier molecular flexibility index (Phi) is 33.8. The molecule has 0 spiro atoms. The normalized spacial score (nSPS) is 14.4. The number of unbranched alkanes of at least 4 members (excludes halogenated alkanes) is 6. The molecule has 1 aliphatic carbocycles. The Morgan fingerprint density at radius 1 is 0.864 bits per heavy atom. The number of aryl methyl sites for hydroxylation is 1. The maximum absolute atomic E-state index is 13.4. The highest BCUT2D eigenvalue weighted by molar-refractivity contribution is 8.06. The fraction of sp³-hybridized carbons (Fsp3) is 0.547. The molecular formula is C53H82N2O3S. The fourth-order valence-corrected chi connectivity index (χ4v) is 7.16. The van der Waals surface area contributed by atoms with Crippen molar-refractivity contribution in [2.75, 3.05) is 13.1 Å². The molecule has 0 saturated heterocycles. The Morgan fingerprint density at radius 3 is 1.76 bits per heavy atom. The number of hydrogen-bond acceptors (Lipinski definition) is 6. The summed E-state index contributed by atoms with van der Waals surface area (Å²) in [6.07, 6.45) is 17.4. The highest BCUT2D eigenvalue weighted by Gasteiger charge is 2.39. The van der Waals surface area contributed by atoms with Crippen molar-refractivity contribution in [3.8, 4) is 6.07 Å². The molecule has 328 valence electrons. The first-order valence-electron chi connectivity index (χ1n) is 22.2. The Hall–Kier alpha value is -3.95. The number of hydrogen-bond donors (Lipinski definition) is 0. The highest BCUT2D eigenvalue weighted by Crippen LogP contribution is 2.46. The zero-order valence-corrected chi connectivity index (χ0v) is 40.4. The van der Waals surface area contributed by atoms with E-state index in [0.29, 0.717) is 23.5 Å². The van der Waals surface area contributed by atoms with Gasteiger partial charge in [0.15, 0.2) is 5.78 Å². The summed E-state index contributed by atoms with van der Waals surface area (Å²) < 4.78 is 0. The number of Topliss-reactive ketones (excluding diaryl/α,β-unsaturated/α-hetero) is 1. The molecule has 0 saturated carbocycles. The van der Waals surface area contributed by atoms with Gasteiger partial charge in [-0.3, -0.25) is 4.79 Å². The zero-order chi connectivity index (χ0) is 45.2. The molecule has 0 radical (unpaired) electrons. The molecule has 0 bridgehead atoms. The van der Waals surface area contributed by atoms with Gasteiger partial charge in [-0.25, -0.2) is 0 Å². The van der Waals surface area contributed by atoms with E-state index in [1.54, 1.807) is 11.8 Å². The predicted molar refractivity (Wildman–Crippen MR) is 258 cm³/mol. The summed E-state index contributed by atoms with van der Waals surface area (Å²) in [6, 6.07) is 21.9. The highest BCUT2D eigenvalue weighted by atomic mass is 32.2. The molecule has 1 aliphatic rings. The summed E-state index contributed by atoms with van der Waals surface area (Å²) in [6.45, 7) is 34.0. The fourth-order valence-electron chi connectivity index (χ4n) is 5.93.